The van der Waals surface area contributed by atoms with Crippen LogP contribution in [0.15, 0.2) is 59.6 Å². The highest BCUT2D eigenvalue weighted by Crippen LogP contribution is 2.35. The third-order valence-corrected chi connectivity index (χ3v) is 6.12. The largest absolute Gasteiger partial charge is 0.497 e. The average Bonchev–Trinajstić information content (AvgIpc) is 3.08. The first-order chi connectivity index (χ1) is 14.5. The van der Waals surface area contributed by atoms with Crippen molar-refractivity contribution in [2.75, 3.05) is 25.1 Å². The molecule has 1 aromatic heterocycles. The second-order valence-corrected chi connectivity index (χ2v) is 8.47. The zero-order chi connectivity index (χ0) is 21.3. The van der Waals surface area contributed by atoms with Crippen molar-refractivity contribution in [3.8, 4) is 5.75 Å². The summed E-state index contributed by atoms with van der Waals surface area (Å²) in [5.74, 6) is 0.383. The molecular weight excluding hydrogens is 396 g/mol. The summed E-state index contributed by atoms with van der Waals surface area (Å²) in [5, 5.41) is 0.774. The quantitative estimate of drug-likeness (QED) is 0.576. The number of anilines is 1. The highest BCUT2D eigenvalue weighted by Gasteiger charge is 2.29. The number of ether oxygens (including phenoxy) is 1. The number of carbonyl (C=O) groups is 2. The molecule has 1 aliphatic rings. The number of aryl methyl sites for hydroxylation is 2. The lowest BCUT2D eigenvalue weighted by Crippen LogP contribution is -2.36. The molecule has 4 rings (SSSR count). The van der Waals surface area contributed by atoms with Gasteiger partial charge in [0.05, 0.1) is 19.4 Å². The van der Waals surface area contributed by atoms with Gasteiger partial charge in [0.25, 0.3) is 0 Å². The fraction of sp³-hybridized carbons (Fsp3) is 0.208. The zero-order valence-corrected chi connectivity index (χ0v) is 18.0. The monoisotopic (exact) mass is 418 g/mol. The number of fused-ring (bicyclic) bond motifs is 1. The Morgan fingerprint density at radius 1 is 1.10 bits per heavy atom. The van der Waals surface area contributed by atoms with Gasteiger partial charge in [-0.05, 0) is 44.2 Å². The fourth-order valence-electron chi connectivity index (χ4n) is 3.43. The third-order valence-electron chi connectivity index (χ3n) is 5.05. The van der Waals surface area contributed by atoms with Crippen LogP contribution in [0.2, 0.25) is 0 Å². The number of hydrogen-bond acceptors (Lipinski definition) is 5. The molecule has 0 saturated carbocycles. The number of hydrogen-bond donors (Lipinski definition) is 0. The van der Waals surface area contributed by atoms with Gasteiger partial charge in [-0.25, -0.2) is 0 Å². The maximum absolute atomic E-state index is 12.9. The first-order valence-electron chi connectivity index (χ1n) is 9.66. The number of Topliss-reactive ketones (excluding diaryl/α,β-unsaturated/α-hetero) is 1. The molecule has 3 aromatic rings. The summed E-state index contributed by atoms with van der Waals surface area (Å²) in [6.07, 6.45) is 0. The highest BCUT2D eigenvalue weighted by atomic mass is 32.1. The second kappa shape index (κ2) is 8.24. The molecule has 0 spiro atoms. The molecule has 6 heteroatoms. The highest BCUT2D eigenvalue weighted by molar-refractivity contribution is 7.16. The van der Waals surface area contributed by atoms with Crippen molar-refractivity contribution in [2.24, 2.45) is 4.99 Å². The van der Waals surface area contributed by atoms with Gasteiger partial charge in [0.1, 0.15) is 17.3 Å². The lowest BCUT2D eigenvalue weighted by atomic mass is 10.0. The van der Waals surface area contributed by atoms with Crippen LogP contribution in [0.4, 0.5) is 5.00 Å². The van der Waals surface area contributed by atoms with Crippen molar-refractivity contribution in [1.82, 2.24) is 0 Å². The van der Waals surface area contributed by atoms with Crippen LogP contribution >= 0.6 is 11.3 Å². The predicted molar refractivity (Wildman–Crippen MR) is 120 cm³/mol. The van der Waals surface area contributed by atoms with Gasteiger partial charge < -0.3 is 4.74 Å². The van der Waals surface area contributed by atoms with Gasteiger partial charge in [-0.3, -0.25) is 19.5 Å². The standard InChI is InChI=1S/C24H22N2O3S/c1-15-4-6-18(7-5-15)23-20-12-16(2)30-24(20)26(22(28)13-25-23)14-21(27)17-8-10-19(29-3)11-9-17/h4-12H,13-14H2,1-3H3. The van der Waals surface area contributed by atoms with E-state index >= 15 is 0 Å². The van der Waals surface area contributed by atoms with E-state index in [1.54, 1.807) is 36.3 Å². The molecule has 0 unspecified atom stereocenters. The minimum absolute atomic E-state index is 0.0134. The first kappa shape index (κ1) is 20.0. The molecule has 152 valence electrons. The molecule has 0 N–H and O–H groups in total. The number of ketones is 1. The van der Waals surface area contributed by atoms with E-state index in [1.807, 2.05) is 44.2 Å². The topological polar surface area (TPSA) is 59.0 Å². The number of nitrogens with zero attached hydrogens (tertiary/aromatic N) is 2. The van der Waals surface area contributed by atoms with Crippen LogP contribution in [-0.2, 0) is 4.79 Å². The van der Waals surface area contributed by atoms with Crippen LogP contribution in [-0.4, -0.2) is 37.6 Å². The van der Waals surface area contributed by atoms with Crippen LogP contribution in [0.5, 0.6) is 5.75 Å². The van der Waals surface area contributed by atoms with Crippen molar-refractivity contribution in [3.05, 3.63) is 81.7 Å². The smallest absolute Gasteiger partial charge is 0.249 e. The van der Waals surface area contributed by atoms with E-state index in [2.05, 4.69) is 4.99 Å². The summed E-state index contributed by atoms with van der Waals surface area (Å²) in [5.41, 5.74) is 4.37. The summed E-state index contributed by atoms with van der Waals surface area (Å²) >= 11 is 1.51. The Hall–Kier alpha value is -3.25. The van der Waals surface area contributed by atoms with Crippen molar-refractivity contribution >= 4 is 33.7 Å². The van der Waals surface area contributed by atoms with Gasteiger partial charge in [-0.1, -0.05) is 29.8 Å². The van der Waals surface area contributed by atoms with Crippen LogP contribution in [0, 0.1) is 13.8 Å². The average molecular weight is 419 g/mol. The van der Waals surface area contributed by atoms with Gasteiger partial charge in [-0.15, -0.1) is 11.3 Å². The molecule has 0 aliphatic carbocycles. The van der Waals surface area contributed by atoms with Gasteiger partial charge in [0.15, 0.2) is 5.78 Å². The van der Waals surface area contributed by atoms with E-state index in [9.17, 15) is 9.59 Å². The van der Waals surface area contributed by atoms with Gasteiger partial charge in [0, 0.05) is 21.6 Å². The third kappa shape index (κ3) is 3.91. The molecule has 0 fully saturated rings. The number of methoxy groups -OCH3 is 1. The molecule has 0 saturated heterocycles. The second-order valence-electron chi connectivity index (χ2n) is 7.24. The van der Waals surface area contributed by atoms with Crippen molar-refractivity contribution in [1.29, 1.82) is 0 Å². The van der Waals surface area contributed by atoms with Crippen LogP contribution in [0.25, 0.3) is 0 Å². The number of rotatable bonds is 5. The number of aliphatic imine (C=N–C) groups is 1. The van der Waals surface area contributed by atoms with E-state index in [1.165, 1.54) is 11.3 Å². The Morgan fingerprint density at radius 2 is 1.80 bits per heavy atom. The van der Waals surface area contributed by atoms with Gasteiger partial charge in [-0.2, -0.15) is 0 Å². The Balaban J connectivity index is 1.68. The lowest BCUT2D eigenvalue weighted by molar-refractivity contribution is -0.117. The Labute approximate surface area is 179 Å². The SMILES string of the molecule is COc1ccc(C(=O)CN2C(=O)CN=C(c3ccc(C)cc3)c3cc(C)sc32)cc1. The molecule has 2 heterocycles. The summed E-state index contributed by atoms with van der Waals surface area (Å²) < 4.78 is 5.15. The molecule has 1 aliphatic heterocycles. The van der Waals surface area contributed by atoms with E-state index < -0.39 is 0 Å². The summed E-state index contributed by atoms with van der Waals surface area (Å²) in [4.78, 5) is 33.1. The van der Waals surface area contributed by atoms with E-state index in [0.29, 0.717) is 11.3 Å². The molecule has 0 radical (unpaired) electrons. The minimum atomic E-state index is -0.179. The van der Waals surface area contributed by atoms with Crippen LogP contribution in [0.1, 0.15) is 31.9 Å². The molecule has 0 bridgehead atoms. The normalized spacial score (nSPS) is 13.5. The Morgan fingerprint density at radius 3 is 2.47 bits per heavy atom. The molecule has 2 aromatic carbocycles. The maximum atomic E-state index is 12.9. The van der Waals surface area contributed by atoms with E-state index in [-0.39, 0.29) is 24.8 Å². The Kier molecular flexibility index (Phi) is 5.50. The van der Waals surface area contributed by atoms with Crippen LogP contribution < -0.4 is 9.64 Å². The number of carbonyl (C=O) groups excluding carboxylic acids is 2. The number of benzene rings is 2. The predicted octanol–water partition coefficient (Wildman–Crippen LogP) is 4.44. The Bertz CT molecular complexity index is 1130. The zero-order valence-electron chi connectivity index (χ0n) is 17.1. The summed E-state index contributed by atoms with van der Waals surface area (Å²) in [6, 6.07) is 17.1. The summed E-state index contributed by atoms with van der Waals surface area (Å²) in [7, 11) is 1.58. The minimum Gasteiger partial charge on any atom is -0.497 e. The lowest BCUT2D eigenvalue weighted by Gasteiger charge is -2.19. The van der Waals surface area contributed by atoms with Crippen LogP contribution in [0.3, 0.4) is 0 Å². The number of thiophene rings is 1. The fourth-order valence-corrected chi connectivity index (χ4v) is 4.46. The molecule has 30 heavy (non-hydrogen) atoms. The molecule has 1 amide bonds. The number of amides is 1. The van der Waals surface area contributed by atoms with Crippen molar-refractivity contribution in [2.45, 2.75) is 13.8 Å². The first-order valence-corrected chi connectivity index (χ1v) is 10.5. The van der Waals surface area contributed by atoms with Gasteiger partial charge in [0.2, 0.25) is 5.91 Å². The van der Waals surface area contributed by atoms with E-state index in [0.717, 1.165) is 32.3 Å². The molecular formula is C24H22N2O3S. The van der Waals surface area contributed by atoms with E-state index in [4.69, 9.17) is 4.74 Å². The van der Waals surface area contributed by atoms with Crippen molar-refractivity contribution < 1.29 is 14.3 Å². The van der Waals surface area contributed by atoms with Crippen molar-refractivity contribution in [3.63, 3.8) is 0 Å². The maximum Gasteiger partial charge on any atom is 0.249 e. The van der Waals surface area contributed by atoms with Gasteiger partial charge >= 0.3 is 0 Å². The summed E-state index contributed by atoms with van der Waals surface area (Å²) in [6.45, 7) is 4.03. The molecule has 0 atom stereocenters. The molecule has 5 nitrogen and oxygen atoms in total.